The van der Waals surface area contributed by atoms with Crippen LogP contribution in [0.5, 0.6) is 11.5 Å². The van der Waals surface area contributed by atoms with E-state index in [-0.39, 0.29) is 12.7 Å². The zero-order valence-electron chi connectivity index (χ0n) is 12.5. The summed E-state index contributed by atoms with van der Waals surface area (Å²) in [6.07, 6.45) is 0. The molecular formula is C18H16N2O3. The number of fused-ring (bicyclic) bond motifs is 1. The van der Waals surface area contributed by atoms with Crippen LogP contribution in [-0.4, -0.2) is 25.8 Å². The Morgan fingerprint density at radius 2 is 1.87 bits per heavy atom. The highest BCUT2D eigenvalue weighted by Crippen LogP contribution is 2.32. The van der Waals surface area contributed by atoms with Gasteiger partial charge in [-0.2, -0.15) is 0 Å². The van der Waals surface area contributed by atoms with Crippen molar-refractivity contribution in [2.24, 2.45) is 0 Å². The smallest absolute Gasteiger partial charge is 0.296 e. The molecule has 1 aliphatic rings. The summed E-state index contributed by atoms with van der Waals surface area (Å²) in [5.74, 6) is 6.43. The second kappa shape index (κ2) is 7.23. The highest BCUT2D eigenvalue weighted by Gasteiger charge is 2.12. The van der Waals surface area contributed by atoms with E-state index >= 15 is 0 Å². The third-order valence-electron chi connectivity index (χ3n) is 3.21. The summed E-state index contributed by atoms with van der Waals surface area (Å²) < 4.78 is 10.5. The number of carbonyl (C=O) groups is 1. The molecule has 116 valence electrons. The Bertz CT molecular complexity index is 748. The largest absolute Gasteiger partial charge is 0.454 e. The van der Waals surface area contributed by atoms with Crippen LogP contribution in [0.25, 0.3) is 0 Å². The summed E-state index contributed by atoms with van der Waals surface area (Å²) in [6.45, 7) is 1.37. The van der Waals surface area contributed by atoms with Crippen LogP contribution in [0, 0.1) is 11.8 Å². The van der Waals surface area contributed by atoms with Crippen molar-refractivity contribution >= 4 is 11.6 Å². The van der Waals surface area contributed by atoms with E-state index in [1.165, 1.54) is 0 Å². The second-order valence-corrected chi connectivity index (χ2v) is 4.87. The summed E-state index contributed by atoms with van der Waals surface area (Å²) in [5, 5.41) is 5.95. The van der Waals surface area contributed by atoms with Gasteiger partial charge in [-0.05, 0) is 30.3 Å². The lowest BCUT2D eigenvalue weighted by Gasteiger charge is -2.05. The molecule has 1 amide bonds. The molecule has 23 heavy (non-hydrogen) atoms. The van der Waals surface area contributed by atoms with Crippen molar-refractivity contribution in [3.63, 3.8) is 0 Å². The predicted octanol–water partition coefficient (Wildman–Crippen LogP) is 2.00. The molecule has 1 aliphatic heterocycles. The van der Waals surface area contributed by atoms with Gasteiger partial charge in [-0.15, -0.1) is 0 Å². The zero-order chi connectivity index (χ0) is 15.9. The molecule has 0 unspecified atom stereocenters. The highest BCUT2D eigenvalue weighted by atomic mass is 16.7. The maximum atomic E-state index is 11.7. The van der Waals surface area contributed by atoms with E-state index < -0.39 is 0 Å². The van der Waals surface area contributed by atoms with E-state index in [9.17, 15) is 4.79 Å². The van der Waals surface area contributed by atoms with Crippen LogP contribution in [0.2, 0.25) is 0 Å². The minimum atomic E-state index is -0.308. The number of nitrogens with one attached hydrogen (secondary N) is 2. The second-order valence-electron chi connectivity index (χ2n) is 4.87. The summed E-state index contributed by atoms with van der Waals surface area (Å²) in [6, 6.07) is 15.2. The molecule has 0 fully saturated rings. The minimum Gasteiger partial charge on any atom is -0.454 e. The molecule has 0 atom stereocenters. The average molecular weight is 308 g/mol. The Kier molecular flexibility index (Phi) is 4.65. The van der Waals surface area contributed by atoms with Crippen molar-refractivity contribution < 1.29 is 14.3 Å². The Morgan fingerprint density at radius 3 is 2.74 bits per heavy atom. The van der Waals surface area contributed by atoms with Crippen LogP contribution in [0.1, 0.15) is 5.56 Å². The van der Waals surface area contributed by atoms with Crippen molar-refractivity contribution in [1.29, 1.82) is 0 Å². The van der Waals surface area contributed by atoms with Crippen molar-refractivity contribution in [3.8, 4) is 23.3 Å². The lowest BCUT2D eigenvalue weighted by Crippen LogP contribution is -2.27. The SMILES string of the molecule is O=C(C#Cc1ccc2c(c1)OCO2)NCCNc1ccccc1. The lowest BCUT2D eigenvalue weighted by molar-refractivity contribution is -0.115. The number of ether oxygens (including phenoxy) is 2. The van der Waals surface area contributed by atoms with E-state index in [0.29, 0.717) is 30.2 Å². The Balaban J connectivity index is 1.45. The van der Waals surface area contributed by atoms with E-state index in [4.69, 9.17) is 9.47 Å². The van der Waals surface area contributed by atoms with Gasteiger partial charge >= 0.3 is 0 Å². The molecule has 0 bridgehead atoms. The molecule has 0 saturated heterocycles. The summed E-state index contributed by atoms with van der Waals surface area (Å²) in [5.41, 5.74) is 1.74. The van der Waals surface area contributed by atoms with Gasteiger partial charge in [-0.25, -0.2) is 0 Å². The fraction of sp³-hybridized carbons (Fsp3) is 0.167. The van der Waals surface area contributed by atoms with Crippen LogP contribution >= 0.6 is 0 Å². The van der Waals surface area contributed by atoms with Crippen LogP contribution in [0.4, 0.5) is 5.69 Å². The number of rotatable bonds is 4. The van der Waals surface area contributed by atoms with Gasteiger partial charge < -0.3 is 20.1 Å². The molecule has 0 saturated carbocycles. The van der Waals surface area contributed by atoms with Gasteiger partial charge in [0, 0.05) is 30.3 Å². The molecule has 3 rings (SSSR count). The summed E-state index contributed by atoms with van der Waals surface area (Å²) in [7, 11) is 0. The maximum Gasteiger partial charge on any atom is 0.296 e. The van der Waals surface area contributed by atoms with E-state index in [1.54, 1.807) is 18.2 Å². The van der Waals surface area contributed by atoms with Crippen LogP contribution in [-0.2, 0) is 4.79 Å². The summed E-state index contributed by atoms with van der Waals surface area (Å²) >= 11 is 0. The first-order valence-corrected chi connectivity index (χ1v) is 7.30. The molecular weight excluding hydrogens is 292 g/mol. The number of carbonyl (C=O) groups excluding carboxylic acids is 1. The van der Waals surface area contributed by atoms with Crippen molar-refractivity contribution in [2.75, 3.05) is 25.2 Å². The minimum absolute atomic E-state index is 0.223. The van der Waals surface area contributed by atoms with E-state index in [0.717, 1.165) is 5.69 Å². The molecule has 0 radical (unpaired) electrons. The van der Waals surface area contributed by atoms with Gasteiger partial charge in [0.2, 0.25) is 6.79 Å². The third-order valence-corrected chi connectivity index (χ3v) is 3.21. The van der Waals surface area contributed by atoms with Crippen molar-refractivity contribution in [1.82, 2.24) is 5.32 Å². The molecule has 1 heterocycles. The first-order chi connectivity index (χ1) is 11.3. The number of amides is 1. The number of anilines is 1. The van der Waals surface area contributed by atoms with Gasteiger partial charge in [0.1, 0.15) is 0 Å². The normalized spacial score (nSPS) is 11.3. The molecule has 5 nitrogen and oxygen atoms in total. The molecule has 0 aliphatic carbocycles. The fourth-order valence-electron chi connectivity index (χ4n) is 2.09. The van der Waals surface area contributed by atoms with Crippen LogP contribution in [0.3, 0.4) is 0 Å². The van der Waals surface area contributed by atoms with Crippen molar-refractivity contribution in [3.05, 3.63) is 54.1 Å². The predicted molar refractivity (Wildman–Crippen MR) is 87.4 cm³/mol. The molecule has 0 aromatic heterocycles. The van der Waals surface area contributed by atoms with Gasteiger partial charge in [-0.1, -0.05) is 24.1 Å². The fourth-order valence-corrected chi connectivity index (χ4v) is 2.09. The Hall–Kier alpha value is -3.13. The molecule has 0 spiro atoms. The zero-order valence-corrected chi connectivity index (χ0v) is 12.5. The van der Waals surface area contributed by atoms with Gasteiger partial charge in [0.25, 0.3) is 5.91 Å². The molecule has 5 heteroatoms. The Morgan fingerprint density at radius 1 is 1.04 bits per heavy atom. The van der Waals surface area contributed by atoms with Crippen LogP contribution < -0.4 is 20.1 Å². The highest BCUT2D eigenvalue weighted by molar-refractivity contribution is 5.94. The monoisotopic (exact) mass is 308 g/mol. The van der Waals surface area contributed by atoms with E-state index in [1.807, 2.05) is 30.3 Å². The average Bonchev–Trinajstić information content (AvgIpc) is 3.05. The van der Waals surface area contributed by atoms with Gasteiger partial charge in [0.05, 0.1) is 0 Å². The number of benzene rings is 2. The first-order valence-electron chi connectivity index (χ1n) is 7.30. The Labute approximate surface area is 134 Å². The third kappa shape index (κ3) is 4.17. The number of hydrogen-bond acceptors (Lipinski definition) is 4. The maximum absolute atomic E-state index is 11.7. The molecule has 2 aromatic carbocycles. The molecule has 2 aromatic rings. The van der Waals surface area contributed by atoms with Crippen LogP contribution in [0.15, 0.2) is 48.5 Å². The first kappa shape index (κ1) is 14.8. The molecule has 2 N–H and O–H groups in total. The van der Waals surface area contributed by atoms with E-state index in [2.05, 4.69) is 22.5 Å². The standard InChI is InChI=1S/C18H16N2O3/c21-18(20-11-10-19-15-4-2-1-3-5-15)9-7-14-6-8-16-17(12-14)23-13-22-16/h1-6,8,12,19H,10-11,13H2,(H,20,21). The topological polar surface area (TPSA) is 59.6 Å². The van der Waals surface area contributed by atoms with Gasteiger partial charge in [-0.3, -0.25) is 4.79 Å². The quantitative estimate of drug-likeness (QED) is 0.670. The number of hydrogen-bond donors (Lipinski definition) is 2. The van der Waals surface area contributed by atoms with Crippen molar-refractivity contribution in [2.45, 2.75) is 0 Å². The number of para-hydroxylation sites is 1. The lowest BCUT2D eigenvalue weighted by atomic mass is 10.2. The summed E-state index contributed by atoms with van der Waals surface area (Å²) in [4.78, 5) is 11.7. The van der Waals surface area contributed by atoms with Gasteiger partial charge in [0.15, 0.2) is 11.5 Å².